The van der Waals surface area contributed by atoms with E-state index < -0.39 is 0 Å². The van der Waals surface area contributed by atoms with Crippen LogP contribution in [0.15, 0.2) is 35.8 Å². The van der Waals surface area contributed by atoms with Crippen molar-refractivity contribution in [2.24, 2.45) is 0 Å². The van der Waals surface area contributed by atoms with E-state index in [0.29, 0.717) is 5.75 Å². The number of benzene rings is 1. The van der Waals surface area contributed by atoms with E-state index in [-0.39, 0.29) is 0 Å². The second-order valence-corrected chi connectivity index (χ2v) is 4.92. The first-order valence-corrected chi connectivity index (χ1v) is 6.31. The molecular weight excluding hydrogens is 232 g/mol. The predicted octanol–water partition coefficient (Wildman–Crippen LogP) is 3.00. The van der Waals surface area contributed by atoms with E-state index >= 15 is 0 Å². The molecule has 0 saturated heterocycles. The first-order chi connectivity index (χ1) is 8.24. The molecule has 0 unspecified atom stereocenters. The van der Waals surface area contributed by atoms with Gasteiger partial charge in [0.25, 0.3) is 0 Å². The number of thiazole rings is 1. The minimum absolute atomic E-state index is 0.305. The Morgan fingerprint density at radius 2 is 2.06 bits per heavy atom. The first kappa shape index (κ1) is 10.4. The van der Waals surface area contributed by atoms with Gasteiger partial charge in [-0.2, -0.15) is 0 Å². The van der Waals surface area contributed by atoms with Gasteiger partial charge in [-0.3, -0.25) is 4.40 Å². The minimum Gasteiger partial charge on any atom is -0.508 e. The smallest absolute Gasteiger partial charge is 0.194 e. The van der Waals surface area contributed by atoms with Crippen LogP contribution in [0.1, 0.15) is 17.0 Å². The van der Waals surface area contributed by atoms with Gasteiger partial charge in [-0.05, 0) is 24.6 Å². The zero-order chi connectivity index (χ0) is 11.8. The number of fused-ring (bicyclic) bond motifs is 1. The van der Waals surface area contributed by atoms with Crippen LogP contribution in [-0.2, 0) is 6.42 Å². The number of aromatic hydroxyl groups is 1. The van der Waals surface area contributed by atoms with Crippen LogP contribution in [0, 0.1) is 6.92 Å². The van der Waals surface area contributed by atoms with E-state index in [1.54, 1.807) is 23.5 Å². The molecular formula is C13H12N2OS. The average molecular weight is 244 g/mol. The van der Waals surface area contributed by atoms with Crippen molar-refractivity contribution in [3.05, 3.63) is 52.8 Å². The lowest BCUT2D eigenvalue weighted by atomic mass is 10.1. The van der Waals surface area contributed by atoms with Crippen molar-refractivity contribution in [3.63, 3.8) is 0 Å². The molecule has 1 N–H and O–H groups in total. The molecule has 0 bridgehead atoms. The Bertz CT molecular complexity index is 652. The Labute approximate surface area is 103 Å². The quantitative estimate of drug-likeness (QED) is 0.752. The van der Waals surface area contributed by atoms with E-state index in [2.05, 4.69) is 15.6 Å². The standard InChI is InChI=1S/C13H12N2OS/c1-9-12(15-6-7-17-13(15)14-9)8-10-2-4-11(16)5-3-10/h2-7,16H,8H2,1H3. The van der Waals surface area contributed by atoms with Crippen LogP contribution in [0.2, 0.25) is 0 Å². The van der Waals surface area contributed by atoms with E-state index in [9.17, 15) is 5.11 Å². The number of phenols is 1. The van der Waals surface area contributed by atoms with Crippen molar-refractivity contribution in [3.8, 4) is 5.75 Å². The third-order valence-electron chi connectivity index (χ3n) is 2.87. The van der Waals surface area contributed by atoms with Crippen molar-refractivity contribution in [2.75, 3.05) is 0 Å². The molecule has 3 aromatic rings. The minimum atomic E-state index is 0.305. The molecule has 3 nitrogen and oxygen atoms in total. The van der Waals surface area contributed by atoms with Gasteiger partial charge in [-0.25, -0.2) is 4.98 Å². The molecule has 0 fully saturated rings. The maximum Gasteiger partial charge on any atom is 0.194 e. The van der Waals surface area contributed by atoms with Crippen molar-refractivity contribution < 1.29 is 5.11 Å². The van der Waals surface area contributed by atoms with Crippen molar-refractivity contribution in [1.29, 1.82) is 0 Å². The summed E-state index contributed by atoms with van der Waals surface area (Å²) in [5.74, 6) is 0.305. The summed E-state index contributed by atoms with van der Waals surface area (Å²) in [5.41, 5.74) is 3.47. The van der Waals surface area contributed by atoms with Gasteiger partial charge in [0.2, 0.25) is 0 Å². The summed E-state index contributed by atoms with van der Waals surface area (Å²) < 4.78 is 2.13. The summed E-state index contributed by atoms with van der Waals surface area (Å²) in [6.45, 7) is 2.04. The molecule has 3 rings (SSSR count). The Morgan fingerprint density at radius 1 is 1.29 bits per heavy atom. The Kier molecular flexibility index (Phi) is 2.37. The van der Waals surface area contributed by atoms with Crippen LogP contribution in [0.25, 0.3) is 4.96 Å². The number of phenolic OH excluding ortho intramolecular Hbond substituents is 1. The van der Waals surface area contributed by atoms with Crippen molar-refractivity contribution in [1.82, 2.24) is 9.38 Å². The fourth-order valence-electron chi connectivity index (χ4n) is 1.96. The Morgan fingerprint density at radius 3 is 2.82 bits per heavy atom. The molecule has 0 aliphatic heterocycles. The number of hydrogen-bond acceptors (Lipinski definition) is 3. The maximum atomic E-state index is 9.26. The van der Waals surface area contributed by atoms with Gasteiger partial charge in [0.1, 0.15) is 5.75 Å². The van der Waals surface area contributed by atoms with Gasteiger partial charge in [-0.15, -0.1) is 11.3 Å². The number of aromatic nitrogens is 2. The highest BCUT2D eigenvalue weighted by Gasteiger charge is 2.09. The topological polar surface area (TPSA) is 37.5 Å². The number of imidazole rings is 1. The van der Waals surface area contributed by atoms with Crippen LogP contribution in [0.4, 0.5) is 0 Å². The number of nitrogens with zero attached hydrogens (tertiary/aromatic N) is 2. The highest BCUT2D eigenvalue weighted by Crippen LogP contribution is 2.20. The van der Waals surface area contributed by atoms with Crippen LogP contribution in [0.5, 0.6) is 5.75 Å². The van der Waals surface area contributed by atoms with Crippen LogP contribution in [0.3, 0.4) is 0 Å². The fourth-order valence-corrected chi connectivity index (χ4v) is 2.74. The largest absolute Gasteiger partial charge is 0.508 e. The van der Waals surface area contributed by atoms with Crippen molar-refractivity contribution in [2.45, 2.75) is 13.3 Å². The van der Waals surface area contributed by atoms with Crippen LogP contribution in [-0.4, -0.2) is 14.5 Å². The normalized spacial score (nSPS) is 11.1. The lowest BCUT2D eigenvalue weighted by Gasteiger charge is -2.02. The highest BCUT2D eigenvalue weighted by molar-refractivity contribution is 7.15. The molecule has 17 heavy (non-hydrogen) atoms. The number of aryl methyl sites for hydroxylation is 1. The van der Waals surface area contributed by atoms with Gasteiger partial charge in [0, 0.05) is 18.0 Å². The SMILES string of the molecule is Cc1nc2sccn2c1Cc1ccc(O)cc1. The molecule has 2 heterocycles. The molecule has 1 aromatic carbocycles. The van der Waals surface area contributed by atoms with E-state index in [4.69, 9.17) is 0 Å². The second-order valence-electron chi connectivity index (χ2n) is 4.04. The highest BCUT2D eigenvalue weighted by atomic mass is 32.1. The summed E-state index contributed by atoms with van der Waals surface area (Å²) in [4.78, 5) is 5.56. The summed E-state index contributed by atoms with van der Waals surface area (Å²) >= 11 is 1.65. The molecule has 0 saturated carbocycles. The first-order valence-electron chi connectivity index (χ1n) is 5.43. The Hall–Kier alpha value is -1.81. The maximum absolute atomic E-state index is 9.26. The summed E-state index contributed by atoms with van der Waals surface area (Å²) in [7, 11) is 0. The third-order valence-corrected chi connectivity index (χ3v) is 3.63. The lowest BCUT2D eigenvalue weighted by Crippen LogP contribution is -1.94. The lowest BCUT2D eigenvalue weighted by molar-refractivity contribution is 0.475. The van der Waals surface area contributed by atoms with Crippen molar-refractivity contribution >= 4 is 16.3 Å². The molecule has 0 amide bonds. The van der Waals surface area contributed by atoms with E-state index in [0.717, 1.165) is 17.1 Å². The molecule has 2 aromatic heterocycles. The molecule has 86 valence electrons. The fraction of sp³-hybridized carbons (Fsp3) is 0.154. The monoisotopic (exact) mass is 244 g/mol. The third kappa shape index (κ3) is 1.80. The van der Waals surface area contributed by atoms with E-state index in [1.165, 1.54) is 11.3 Å². The van der Waals surface area contributed by atoms with Crippen LogP contribution >= 0.6 is 11.3 Å². The van der Waals surface area contributed by atoms with Gasteiger partial charge < -0.3 is 5.11 Å². The summed E-state index contributed by atoms with van der Waals surface area (Å²) in [5, 5.41) is 11.3. The van der Waals surface area contributed by atoms with E-state index in [1.807, 2.05) is 24.4 Å². The van der Waals surface area contributed by atoms with Crippen LogP contribution < -0.4 is 0 Å². The molecule has 0 aliphatic carbocycles. The zero-order valence-electron chi connectivity index (χ0n) is 9.42. The molecule has 0 aliphatic rings. The van der Waals surface area contributed by atoms with Gasteiger partial charge >= 0.3 is 0 Å². The van der Waals surface area contributed by atoms with Gasteiger partial charge in [0.15, 0.2) is 4.96 Å². The second kappa shape index (κ2) is 3.89. The number of hydrogen-bond donors (Lipinski definition) is 1. The molecule has 0 radical (unpaired) electrons. The average Bonchev–Trinajstić information content (AvgIpc) is 2.85. The molecule has 0 atom stereocenters. The molecule has 4 heteroatoms. The Balaban J connectivity index is 2.01. The zero-order valence-corrected chi connectivity index (χ0v) is 10.2. The number of rotatable bonds is 2. The predicted molar refractivity (Wildman–Crippen MR) is 68.7 cm³/mol. The van der Waals surface area contributed by atoms with Gasteiger partial charge in [0.05, 0.1) is 11.4 Å². The summed E-state index contributed by atoms with van der Waals surface area (Å²) in [6.07, 6.45) is 2.89. The summed E-state index contributed by atoms with van der Waals surface area (Å²) in [6, 6.07) is 7.33. The van der Waals surface area contributed by atoms with Gasteiger partial charge in [-0.1, -0.05) is 12.1 Å². The molecule has 0 spiro atoms.